The van der Waals surface area contributed by atoms with Crippen LogP contribution in [0.1, 0.15) is 72.1 Å². The average molecular weight is 382 g/mol. The van der Waals surface area contributed by atoms with Crippen LogP contribution in [0.25, 0.3) is 0 Å². The Kier molecular flexibility index (Phi) is 7.74. The summed E-state index contributed by atoms with van der Waals surface area (Å²) in [4.78, 5) is 36.8. The molecule has 0 aromatic rings. The number of nitrogens with one attached hydrogen (secondary N) is 1. The lowest BCUT2D eigenvalue weighted by Gasteiger charge is -2.20. The summed E-state index contributed by atoms with van der Waals surface area (Å²) in [6.45, 7) is 5.62. The zero-order valence-corrected chi connectivity index (χ0v) is 17.0. The van der Waals surface area contributed by atoms with Crippen molar-refractivity contribution >= 4 is 28.8 Å². The van der Waals surface area contributed by atoms with Crippen LogP contribution in [0.3, 0.4) is 0 Å². The fourth-order valence-corrected chi connectivity index (χ4v) is 4.49. The van der Waals surface area contributed by atoms with Gasteiger partial charge in [0.15, 0.2) is 5.78 Å². The molecule has 6 heteroatoms. The Bertz CT molecular complexity index is 559. The molecule has 1 heterocycles. The third-order valence-corrected chi connectivity index (χ3v) is 5.86. The lowest BCUT2D eigenvalue weighted by atomic mass is 9.86. The van der Waals surface area contributed by atoms with E-state index >= 15 is 0 Å². The number of amides is 1. The van der Waals surface area contributed by atoms with Crippen LogP contribution in [0.4, 0.5) is 4.79 Å². The Morgan fingerprint density at radius 2 is 1.88 bits per heavy atom. The maximum absolute atomic E-state index is 12.4. The molecule has 1 aliphatic carbocycles. The number of rotatable bonds is 6. The van der Waals surface area contributed by atoms with E-state index in [4.69, 9.17) is 4.74 Å². The molecule has 0 aromatic heterocycles. The van der Waals surface area contributed by atoms with Crippen LogP contribution in [0, 0.1) is 11.8 Å². The zero-order valence-electron chi connectivity index (χ0n) is 16.1. The molecule has 1 saturated heterocycles. The summed E-state index contributed by atoms with van der Waals surface area (Å²) >= 11 is 1.07. The molecule has 1 N–H and O–H groups in total. The number of carbonyl (C=O) groups excluding carboxylic acids is 3. The number of ketones is 1. The second-order valence-corrected chi connectivity index (χ2v) is 9.25. The van der Waals surface area contributed by atoms with Crippen molar-refractivity contribution in [2.24, 2.45) is 11.8 Å². The van der Waals surface area contributed by atoms with Gasteiger partial charge in [-0.2, -0.15) is 0 Å². The van der Waals surface area contributed by atoms with Crippen LogP contribution < -0.4 is 5.32 Å². The quantitative estimate of drug-likeness (QED) is 0.537. The summed E-state index contributed by atoms with van der Waals surface area (Å²) in [5, 5.41) is 2.51. The standard InChI is InChI=1S/C20H31NO4S/c1-20(2,3)25-19(24)21-13-12-15-17(22)16(26-18(15)23)11-7-10-14-8-5-4-6-9-14/h11,14-15H,4-10,12-13H2,1-3H3,(H,21,24)/b16-11+. The highest BCUT2D eigenvalue weighted by atomic mass is 32.2. The lowest BCUT2D eigenvalue weighted by molar-refractivity contribution is -0.124. The summed E-state index contributed by atoms with van der Waals surface area (Å²) in [7, 11) is 0. The van der Waals surface area contributed by atoms with Crippen LogP contribution in [-0.4, -0.2) is 29.1 Å². The first-order valence-electron chi connectivity index (χ1n) is 9.69. The van der Waals surface area contributed by atoms with Crippen molar-refractivity contribution in [3.05, 3.63) is 11.0 Å². The van der Waals surface area contributed by atoms with Crippen molar-refractivity contribution in [1.82, 2.24) is 5.32 Å². The van der Waals surface area contributed by atoms with Crippen molar-refractivity contribution in [2.75, 3.05) is 6.54 Å². The van der Waals surface area contributed by atoms with Crippen LogP contribution in [0.5, 0.6) is 0 Å². The van der Waals surface area contributed by atoms with E-state index in [-0.39, 0.29) is 17.4 Å². The molecule has 26 heavy (non-hydrogen) atoms. The number of ether oxygens (including phenoxy) is 1. The van der Waals surface area contributed by atoms with E-state index in [0.717, 1.165) is 30.5 Å². The average Bonchev–Trinajstić information content (AvgIpc) is 2.82. The van der Waals surface area contributed by atoms with Gasteiger partial charge >= 0.3 is 6.09 Å². The number of allylic oxidation sites excluding steroid dienone is 2. The Morgan fingerprint density at radius 1 is 1.19 bits per heavy atom. The number of Topliss-reactive ketones (excluding diaryl/α,β-unsaturated/α-hetero) is 1. The molecule has 0 spiro atoms. The van der Waals surface area contributed by atoms with Gasteiger partial charge in [-0.3, -0.25) is 9.59 Å². The predicted molar refractivity (Wildman–Crippen MR) is 104 cm³/mol. The third kappa shape index (κ3) is 6.78. The minimum absolute atomic E-state index is 0.0883. The van der Waals surface area contributed by atoms with E-state index in [2.05, 4.69) is 5.32 Å². The smallest absolute Gasteiger partial charge is 0.407 e. The Labute approximate surface area is 160 Å². The van der Waals surface area contributed by atoms with Crippen LogP contribution in [0.2, 0.25) is 0 Å². The van der Waals surface area contributed by atoms with Crippen LogP contribution >= 0.6 is 11.8 Å². The van der Waals surface area contributed by atoms with E-state index in [1.807, 2.05) is 6.08 Å². The minimum atomic E-state index is -0.643. The number of alkyl carbamates (subject to hydrolysis) is 1. The first-order chi connectivity index (χ1) is 12.3. The Morgan fingerprint density at radius 3 is 2.54 bits per heavy atom. The van der Waals surface area contributed by atoms with Crippen molar-refractivity contribution < 1.29 is 19.1 Å². The molecule has 0 aromatic carbocycles. The molecule has 1 amide bonds. The second kappa shape index (κ2) is 9.58. The highest BCUT2D eigenvalue weighted by Gasteiger charge is 2.37. The molecule has 1 unspecified atom stereocenters. The minimum Gasteiger partial charge on any atom is -0.444 e. The number of hydrogen-bond acceptors (Lipinski definition) is 5. The fourth-order valence-electron chi connectivity index (χ4n) is 3.46. The van der Waals surface area contributed by atoms with Crippen molar-refractivity contribution in [1.29, 1.82) is 0 Å². The molecule has 0 radical (unpaired) electrons. The van der Waals surface area contributed by atoms with E-state index in [1.54, 1.807) is 20.8 Å². The molecule has 1 aliphatic heterocycles. The van der Waals surface area contributed by atoms with Gasteiger partial charge in [0.2, 0.25) is 5.12 Å². The maximum atomic E-state index is 12.4. The fraction of sp³-hybridized carbons (Fsp3) is 0.750. The van der Waals surface area contributed by atoms with Crippen LogP contribution in [0.15, 0.2) is 11.0 Å². The van der Waals surface area contributed by atoms with Gasteiger partial charge in [-0.15, -0.1) is 0 Å². The second-order valence-electron chi connectivity index (χ2n) is 8.21. The van der Waals surface area contributed by atoms with Gasteiger partial charge < -0.3 is 10.1 Å². The van der Waals surface area contributed by atoms with Gasteiger partial charge in [-0.05, 0) is 57.7 Å². The number of thioether (sulfide) groups is 1. The van der Waals surface area contributed by atoms with Gasteiger partial charge in [0, 0.05) is 6.54 Å². The topological polar surface area (TPSA) is 72.5 Å². The van der Waals surface area contributed by atoms with Crippen molar-refractivity contribution in [3.8, 4) is 0 Å². The molecule has 5 nitrogen and oxygen atoms in total. The van der Waals surface area contributed by atoms with E-state index in [0.29, 0.717) is 11.3 Å². The summed E-state index contributed by atoms with van der Waals surface area (Å²) in [5.74, 6) is 0.0390. The van der Waals surface area contributed by atoms with Gasteiger partial charge in [-0.1, -0.05) is 38.2 Å². The van der Waals surface area contributed by atoms with Crippen molar-refractivity contribution in [3.63, 3.8) is 0 Å². The summed E-state index contributed by atoms with van der Waals surface area (Å²) < 4.78 is 5.15. The predicted octanol–water partition coefficient (Wildman–Crippen LogP) is 4.60. The Balaban J connectivity index is 1.75. The molecule has 2 fully saturated rings. The van der Waals surface area contributed by atoms with Gasteiger partial charge in [0.25, 0.3) is 0 Å². The number of hydrogen-bond donors (Lipinski definition) is 1. The largest absolute Gasteiger partial charge is 0.444 e. The van der Waals surface area contributed by atoms with E-state index in [1.165, 1.54) is 32.1 Å². The van der Waals surface area contributed by atoms with Crippen molar-refractivity contribution in [2.45, 2.75) is 77.7 Å². The summed E-state index contributed by atoms with van der Waals surface area (Å²) in [6, 6.07) is 0. The summed E-state index contributed by atoms with van der Waals surface area (Å²) in [5.41, 5.74) is -0.562. The van der Waals surface area contributed by atoms with Gasteiger partial charge in [0.05, 0.1) is 10.8 Å². The van der Waals surface area contributed by atoms with Gasteiger partial charge in [0.1, 0.15) is 5.60 Å². The SMILES string of the molecule is CC(C)(C)OC(=O)NCCC1C(=O)S/C(=C/CCC2CCCCC2)C1=O. The molecule has 1 atom stereocenters. The number of carbonyl (C=O) groups is 3. The van der Waals surface area contributed by atoms with Crippen LogP contribution in [-0.2, 0) is 14.3 Å². The normalized spacial score (nSPS) is 23.5. The molecule has 1 saturated carbocycles. The molecular formula is C20H31NO4S. The highest BCUT2D eigenvalue weighted by Crippen LogP contribution is 2.36. The molecule has 2 rings (SSSR count). The molecule has 146 valence electrons. The highest BCUT2D eigenvalue weighted by molar-refractivity contribution is 8.18. The molecule has 2 aliphatic rings. The van der Waals surface area contributed by atoms with E-state index < -0.39 is 17.6 Å². The molecule has 0 bridgehead atoms. The van der Waals surface area contributed by atoms with Gasteiger partial charge in [-0.25, -0.2) is 4.79 Å². The maximum Gasteiger partial charge on any atom is 0.407 e. The third-order valence-electron chi connectivity index (χ3n) is 4.79. The first kappa shape index (κ1) is 21.0. The monoisotopic (exact) mass is 381 g/mol. The summed E-state index contributed by atoms with van der Waals surface area (Å²) in [6.07, 6.45) is 10.3. The molecular weight excluding hydrogens is 350 g/mol. The lowest BCUT2D eigenvalue weighted by Crippen LogP contribution is -2.34. The first-order valence-corrected chi connectivity index (χ1v) is 10.5. The van der Waals surface area contributed by atoms with E-state index in [9.17, 15) is 14.4 Å². The zero-order chi connectivity index (χ0) is 19.2. The Hall–Kier alpha value is -1.30.